The Hall–Kier alpha value is 0.150. The van der Waals surface area contributed by atoms with Crippen molar-refractivity contribution in [2.24, 2.45) is 5.41 Å². The number of hydrogen-bond donors (Lipinski definition) is 0. The van der Waals surface area contributed by atoms with Crippen LogP contribution in [0.5, 0.6) is 0 Å². The molecule has 1 atom stereocenters. The second kappa shape index (κ2) is 4.12. The maximum Gasteiger partial charge on any atom is 0.0232 e. The highest BCUT2D eigenvalue weighted by Crippen LogP contribution is 2.20. The lowest BCUT2D eigenvalue weighted by molar-refractivity contribution is 0.374. The van der Waals surface area contributed by atoms with Crippen molar-refractivity contribution >= 4 is 10.8 Å². The Morgan fingerprint density at radius 3 is 2.10 bits per heavy atom. The van der Waals surface area contributed by atoms with E-state index < -0.39 is 10.8 Å². The summed E-state index contributed by atoms with van der Waals surface area (Å²) in [5.41, 5.74) is 0.402. The topological polar surface area (TPSA) is 17.1 Å². The predicted molar refractivity (Wildman–Crippen MR) is 47.6 cm³/mol. The summed E-state index contributed by atoms with van der Waals surface area (Å²) in [5, 5.41) is 0. The van der Waals surface area contributed by atoms with Gasteiger partial charge in [0.2, 0.25) is 0 Å². The number of hydrogen-bond acceptors (Lipinski definition) is 1. The van der Waals surface area contributed by atoms with Crippen LogP contribution in [0.1, 0.15) is 33.6 Å². The molecule has 0 aromatic heterocycles. The second-order valence-corrected chi connectivity index (χ2v) is 5.50. The quantitative estimate of drug-likeness (QED) is 0.621. The van der Waals surface area contributed by atoms with Crippen LogP contribution in [0.2, 0.25) is 0 Å². The molecule has 0 fully saturated rings. The van der Waals surface area contributed by atoms with Crippen LogP contribution in [-0.4, -0.2) is 16.2 Å². The van der Waals surface area contributed by atoms with Crippen molar-refractivity contribution in [1.82, 2.24) is 0 Å². The van der Waals surface area contributed by atoms with Crippen molar-refractivity contribution < 1.29 is 4.21 Å². The molecule has 0 aliphatic carbocycles. The zero-order chi connectivity index (χ0) is 8.20. The normalized spacial score (nSPS) is 15.2. The van der Waals surface area contributed by atoms with Gasteiger partial charge < -0.3 is 0 Å². The van der Waals surface area contributed by atoms with Crippen molar-refractivity contribution in [3.8, 4) is 0 Å². The summed E-state index contributed by atoms with van der Waals surface area (Å²) in [6.45, 7) is 6.64. The van der Waals surface area contributed by atoms with E-state index in [1.165, 1.54) is 6.42 Å². The van der Waals surface area contributed by atoms with Crippen LogP contribution in [0.15, 0.2) is 0 Å². The highest BCUT2D eigenvalue weighted by Gasteiger charge is 2.08. The summed E-state index contributed by atoms with van der Waals surface area (Å²) in [6, 6.07) is 0. The lowest BCUT2D eigenvalue weighted by Crippen LogP contribution is -2.06. The molecule has 0 saturated heterocycles. The van der Waals surface area contributed by atoms with Gasteiger partial charge in [-0.2, -0.15) is 0 Å². The van der Waals surface area contributed by atoms with Gasteiger partial charge in [0.05, 0.1) is 0 Å². The Morgan fingerprint density at radius 2 is 1.80 bits per heavy atom. The van der Waals surface area contributed by atoms with Crippen LogP contribution < -0.4 is 0 Å². The molecule has 2 heteroatoms. The van der Waals surface area contributed by atoms with E-state index in [0.717, 1.165) is 12.2 Å². The molecule has 0 bridgehead atoms. The molecule has 1 unspecified atom stereocenters. The van der Waals surface area contributed by atoms with Gasteiger partial charge in [-0.05, 0) is 18.3 Å². The average Bonchev–Trinajstić information content (AvgIpc) is 1.59. The van der Waals surface area contributed by atoms with Crippen molar-refractivity contribution in [1.29, 1.82) is 0 Å². The first-order valence-corrected chi connectivity index (χ1v) is 5.44. The van der Waals surface area contributed by atoms with Crippen molar-refractivity contribution in [2.45, 2.75) is 33.6 Å². The summed E-state index contributed by atoms with van der Waals surface area (Å²) in [4.78, 5) is 0. The Balaban J connectivity index is 3.29. The Kier molecular flexibility index (Phi) is 4.18. The molecular weight excluding hydrogens is 144 g/mol. The first-order valence-electron chi connectivity index (χ1n) is 3.72. The maximum absolute atomic E-state index is 10.6. The Labute approximate surface area is 66.7 Å². The third-order valence-electron chi connectivity index (χ3n) is 1.36. The number of rotatable bonds is 3. The van der Waals surface area contributed by atoms with Gasteiger partial charge in [0.15, 0.2) is 0 Å². The summed E-state index contributed by atoms with van der Waals surface area (Å²) in [7, 11) is -0.600. The minimum Gasteiger partial charge on any atom is -0.260 e. The van der Waals surface area contributed by atoms with E-state index in [4.69, 9.17) is 0 Å². The SMILES string of the molecule is CS(=O)CCCC(C)(C)C. The van der Waals surface area contributed by atoms with Gasteiger partial charge in [0.1, 0.15) is 0 Å². The van der Waals surface area contributed by atoms with Crippen LogP contribution in [0, 0.1) is 5.41 Å². The molecule has 0 aromatic rings. The first-order chi connectivity index (χ1) is 4.42. The zero-order valence-electron chi connectivity index (χ0n) is 7.44. The van der Waals surface area contributed by atoms with Crippen molar-refractivity contribution in [3.63, 3.8) is 0 Å². The smallest absolute Gasteiger partial charge is 0.0232 e. The summed E-state index contributed by atoms with van der Waals surface area (Å²) < 4.78 is 10.6. The van der Waals surface area contributed by atoms with Gasteiger partial charge in [0.25, 0.3) is 0 Å². The maximum atomic E-state index is 10.6. The molecule has 0 spiro atoms. The van der Waals surface area contributed by atoms with Gasteiger partial charge in [-0.1, -0.05) is 20.8 Å². The highest BCUT2D eigenvalue weighted by atomic mass is 32.2. The van der Waals surface area contributed by atoms with Gasteiger partial charge in [-0.25, -0.2) is 0 Å². The fraction of sp³-hybridized carbons (Fsp3) is 1.00. The van der Waals surface area contributed by atoms with E-state index >= 15 is 0 Å². The minimum absolute atomic E-state index is 0.402. The van der Waals surface area contributed by atoms with E-state index in [0.29, 0.717) is 5.41 Å². The molecule has 10 heavy (non-hydrogen) atoms. The summed E-state index contributed by atoms with van der Waals surface area (Å²) >= 11 is 0. The molecule has 0 N–H and O–H groups in total. The third kappa shape index (κ3) is 8.15. The molecule has 1 nitrogen and oxygen atoms in total. The highest BCUT2D eigenvalue weighted by molar-refractivity contribution is 7.84. The molecule has 0 aliphatic rings. The lowest BCUT2D eigenvalue weighted by atomic mass is 9.91. The molecular formula is C8H18OS. The molecule has 0 amide bonds. The van der Waals surface area contributed by atoms with Crippen LogP contribution in [0.25, 0.3) is 0 Å². The van der Waals surface area contributed by atoms with E-state index in [2.05, 4.69) is 20.8 Å². The molecule has 0 aliphatic heterocycles. The van der Waals surface area contributed by atoms with Crippen LogP contribution in [0.4, 0.5) is 0 Å². The fourth-order valence-electron chi connectivity index (χ4n) is 0.806. The second-order valence-electron chi connectivity index (χ2n) is 3.94. The Morgan fingerprint density at radius 1 is 1.30 bits per heavy atom. The fourth-order valence-corrected chi connectivity index (χ4v) is 1.36. The molecule has 0 rings (SSSR count). The van der Waals surface area contributed by atoms with Gasteiger partial charge in [-0.3, -0.25) is 4.21 Å². The van der Waals surface area contributed by atoms with E-state index in [1.54, 1.807) is 6.26 Å². The predicted octanol–water partition coefficient (Wildman–Crippen LogP) is 2.19. The molecule has 0 saturated carbocycles. The monoisotopic (exact) mass is 162 g/mol. The van der Waals surface area contributed by atoms with Crippen LogP contribution >= 0.6 is 0 Å². The van der Waals surface area contributed by atoms with Gasteiger partial charge in [0, 0.05) is 22.8 Å². The van der Waals surface area contributed by atoms with Crippen LogP contribution in [-0.2, 0) is 10.8 Å². The molecule has 0 radical (unpaired) electrons. The lowest BCUT2D eigenvalue weighted by Gasteiger charge is -2.16. The Bertz CT molecular complexity index is 113. The van der Waals surface area contributed by atoms with Gasteiger partial charge >= 0.3 is 0 Å². The third-order valence-corrected chi connectivity index (χ3v) is 2.22. The summed E-state index contributed by atoms with van der Waals surface area (Å²) in [6.07, 6.45) is 4.03. The zero-order valence-corrected chi connectivity index (χ0v) is 8.25. The van der Waals surface area contributed by atoms with Crippen molar-refractivity contribution in [3.05, 3.63) is 0 Å². The average molecular weight is 162 g/mol. The minimum atomic E-state index is -0.600. The first kappa shape index (κ1) is 10.2. The van der Waals surface area contributed by atoms with E-state index in [1.807, 2.05) is 0 Å². The standard InChI is InChI=1S/C8H18OS/c1-8(2,3)6-5-7-10(4)9/h5-7H2,1-4H3. The summed E-state index contributed by atoms with van der Waals surface area (Å²) in [5.74, 6) is 0.858. The largest absolute Gasteiger partial charge is 0.260 e. The van der Waals surface area contributed by atoms with E-state index in [9.17, 15) is 4.21 Å². The molecule has 0 aromatic carbocycles. The molecule has 0 heterocycles. The van der Waals surface area contributed by atoms with Gasteiger partial charge in [-0.15, -0.1) is 0 Å². The van der Waals surface area contributed by atoms with Crippen molar-refractivity contribution in [2.75, 3.05) is 12.0 Å². The van der Waals surface area contributed by atoms with E-state index in [-0.39, 0.29) is 0 Å². The molecule has 62 valence electrons. The van der Waals surface area contributed by atoms with Crippen LogP contribution in [0.3, 0.4) is 0 Å².